The monoisotopic (exact) mass is 236 g/mol. The number of carbonyl (C=O) groups excluding carboxylic acids is 2. The van der Waals surface area contributed by atoms with E-state index in [1.54, 1.807) is 0 Å². The molecule has 0 aliphatic heterocycles. The molecule has 3 fully saturated rings. The van der Waals surface area contributed by atoms with E-state index >= 15 is 0 Å². The Kier molecular flexibility index (Phi) is 2.12. The van der Waals surface area contributed by atoms with Gasteiger partial charge in [0.1, 0.15) is 0 Å². The van der Waals surface area contributed by atoms with Crippen molar-refractivity contribution in [1.82, 2.24) is 0 Å². The van der Waals surface area contributed by atoms with Gasteiger partial charge in [0, 0.05) is 11.5 Å². The minimum absolute atomic E-state index is 0.0346. The number of carbonyl (C=O) groups is 2. The first-order chi connectivity index (χ1) is 8.12. The smallest absolute Gasteiger partial charge is 0.333 e. The van der Waals surface area contributed by atoms with Gasteiger partial charge in [0.2, 0.25) is 0 Å². The van der Waals surface area contributed by atoms with Crippen LogP contribution < -0.4 is 0 Å². The minimum Gasteiger partial charge on any atom is -0.469 e. The predicted octanol–water partition coefficient (Wildman–Crippen LogP) is 1.30. The number of hydrogen-bond donors (Lipinski definition) is 0. The van der Waals surface area contributed by atoms with Crippen LogP contribution in [0.25, 0.3) is 0 Å². The van der Waals surface area contributed by atoms with Crippen LogP contribution in [0.1, 0.15) is 19.3 Å². The number of rotatable bonds is 2. The zero-order valence-electron chi connectivity index (χ0n) is 10.1. The molecule has 0 radical (unpaired) electrons. The largest absolute Gasteiger partial charge is 0.469 e. The molecular weight excluding hydrogens is 220 g/mol. The molecule has 0 amide bonds. The maximum atomic E-state index is 12.0. The van der Waals surface area contributed by atoms with Crippen molar-refractivity contribution in [3.8, 4) is 0 Å². The molecule has 0 unspecified atom stereocenters. The molecule has 5 aliphatic rings. The molecule has 0 spiro atoms. The SMILES string of the molecule is COC(=O)C1=C[C@@H]2C[C@H]3C[C@@](C(=O)OC)(C2)[C@@H]13. The molecule has 4 nitrogen and oxygen atoms in total. The zero-order chi connectivity index (χ0) is 12.2. The fraction of sp³-hybridized carbons (Fsp3) is 0.692. The van der Waals surface area contributed by atoms with E-state index in [0.717, 1.165) is 19.3 Å². The van der Waals surface area contributed by atoms with Gasteiger partial charge in [-0.05, 0) is 31.1 Å². The van der Waals surface area contributed by atoms with E-state index in [9.17, 15) is 9.59 Å². The molecule has 4 heteroatoms. The summed E-state index contributed by atoms with van der Waals surface area (Å²) in [4.78, 5) is 23.7. The van der Waals surface area contributed by atoms with Gasteiger partial charge in [-0.15, -0.1) is 0 Å². The van der Waals surface area contributed by atoms with Crippen molar-refractivity contribution in [3.05, 3.63) is 11.6 Å². The number of allylic oxidation sites excluding steroid dienone is 1. The molecule has 5 rings (SSSR count). The highest BCUT2D eigenvalue weighted by atomic mass is 16.5. The van der Waals surface area contributed by atoms with Gasteiger partial charge in [-0.1, -0.05) is 6.08 Å². The quantitative estimate of drug-likeness (QED) is 0.678. The molecule has 0 heterocycles. The maximum Gasteiger partial charge on any atom is 0.333 e. The first kappa shape index (κ1) is 10.8. The van der Waals surface area contributed by atoms with Crippen LogP contribution in [-0.2, 0) is 19.1 Å². The molecular formula is C13H16O4. The van der Waals surface area contributed by atoms with Gasteiger partial charge in [0.05, 0.1) is 19.6 Å². The molecule has 0 aromatic carbocycles. The van der Waals surface area contributed by atoms with Crippen LogP contribution in [0.2, 0.25) is 0 Å². The summed E-state index contributed by atoms with van der Waals surface area (Å²) in [5, 5.41) is 0. The molecule has 0 saturated heterocycles. The fourth-order valence-corrected chi connectivity index (χ4v) is 4.22. The lowest BCUT2D eigenvalue weighted by Gasteiger charge is -2.62. The molecule has 17 heavy (non-hydrogen) atoms. The van der Waals surface area contributed by atoms with Crippen LogP contribution in [0.3, 0.4) is 0 Å². The van der Waals surface area contributed by atoms with Gasteiger partial charge in [-0.2, -0.15) is 0 Å². The van der Waals surface area contributed by atoms with Crippen molar-refractivity contribution >= 4 is 11.9 Å². The van der Waals surface area contributed by atoms with Gasteiger partial charge in [0.25, 0.3) is 0 Å². The first-order valence-corrected chi connectivity index (χ1v) is 6.01. The van der Waals surface area contributed by atoms with Crippen molar-refractivity contribution in [1.29, 1.82) is 0 Å². The summed E-state index contributed by atoms with van der Waals surface area (Å²) in [5.74, 6) is 0.404. The van der Waals surface area contributed by atoms with E-state index in [1.165, 1.54) is 14.2 Å². The third kappa shape index (κ3) is 1.18. The van der Waals surface area contributed by atoms with Crippen molar-refractivity contribution < 1.29 is 19.1 Å². The van der Waals surface area contributed by atoms with Crippen molar-refractivity contribution in [2.45, 2.75) is 19.3 Å². The number of hydrogen-bond acceptors (Lipinski definition) is 4. The molecule has 92 valence electrons. The molecule has 3 saturated carbocycles. The fourth-order valence-electron chi connectivity index (χ4n) is 4.22. The average molecular weight is 236 g/mol. The van der Waals surface area contributed by atoms with E-state index in [4.69, 9.17) is 9.47 Å². The molecule has 0 aromatic rings. The van der Waals surface area contributed by atoms with Crippen LogP contribution in [0.4, 0.5) is 0 Å². The number of methoxy groups -OCH3 is 2. The van der Waals surface area contributed by atoms with E-state index in [2.05, 4.69) is 0 Å². The molecule has 0 aromatic heterocycles. The van der Waals surface area contributed by atoms with Crippen molar-refractivity contribution in [3.63, 3.8) is 0 Å². The summed E-state index contributed by atoms with van der Waals surface area (Å²) >= 11 is 0. The van der Waals surface area contributed by atoms with Gasteiger partial charge >= 0.3 is 11.9 Å². The minimum atomic E-state index is -0.430. The summed E-state index contributed by atoms with van der Waals surface area (Å²) in [6.07, 6.45) is 4.81. The Balaban J connectivity index is 1.98. The Morgan fingerprint density at radius 2 is 2.06 bits per heavy atom. The second-order valence-corrected chi connectivity index (χ2v) is 5.40. The van der Waals surface area contributed by atoms with E-state index in [-0.39, 0.29) is 17.9 Å². The third-order valence-corrected chi connectivity index (χ3v) is 4.69. The van der Waals surface area contributed by atoms with Crippen LogP contribution in [-0.4, -0.2) is 26.2 Å². The van der Waals surface area contributed by atoms with E-state index in [0.29, 0.717) is 17.4 Å². The topological polar surface area (TPSA) is 52.6 Å². The average Bonchev–Trinajstić information content (AvgIpc) is 2.35. The summed E-state index contributed by atoms with van der Waals surface area (Å²) in [6.45, 7) is 0. The van der Waals surface area contributed by atoms with Gasteiger partial charge in [0.15, 0.2) is 0 Å². The van der Waals surface area contributed by atoms with Crippen LogP contribution in [0.5, 0.6) is 0 Å². The second kappa shape index (κ2) is 3.34. The number of esters is 2. The summed E-state index contributed by atoms with van der Waals surface area (Å²) < 4.78 is 9.74. The Bertz CT molecular complexity index is 425. The molecule has 4 atom stereocenters. The summed E-state index contributed by atoms with van der Waals surface area (Å²) in [5.41, 5.74) is 0.275. The van der Waals surface area contributed by atoms with Crippen LogP contribution in [0.15, 0.2) is 11.6 Å². The Labute approximate surface area is 100.0 Å². The lowest BCUT2D eigenvalue weighted by atomic mass is 9.40. The highest BCUT2D eigenvalue weighted by molar-refractivity contribution is 5.93. The standard InChI is InChI=1S/C13H16O4/c1-16-11(14)9-4-7-3-8-6-13(5-7,10(8)9)12(15)17-2/h4,7-8,10H,3,5-6H2,1-2H3/t7-,8-,10+,13-/m0/s1. The maximum absolute atomic E-state index is 12.0. The van der Waals surface area contributed by atoms with Crippen molar-refractivity contribution in [2.75, 3.05) is 14.2 Å². The van der Waals surface area contributed by atoms with Gasteiger partial charge in [-0.3, -0.25) is 4.79 Å². The van der Waals surface area contributed by atoms with Crippen LogP contribution >= 0.6 is 0 Å². The molecule has 5 aliphatic carbocycles. The second-order valence-electron chi connectivity index (χ2n) is 5.40. The molecule has 4 bridgehead atoms. The lowest BCUT2D eigenvalue weighted by Crippen LogP contribution is -2.62. The van der Waals surface area contributed by atoms with Crippen molar-refractivity contribution in [2.24, 2.45) is 23.2 Å². The first-order valence-electron chi connectivity index (χ1n) is 6.01. The summed E-state index contributed by atoms with van der Waals surface area (Å²) in [7, 11) is 2.82. The van der Waals surface area contributed by atoms with Crippen LogP contribution in [0, 0.1) is 23.2 Å². The van der Waals surface area contributed by atoms with Gasteiger partial charge in [-0.25, -0.2) is 4.79 Å². The van der Waals surface area contributed by atoms with E-state index < -0.39 is 5.41 Å². The Hall–Kier alpha value is -1.32. The Morgan fingerprint density at radius 1 is 1.29 bits per heavy atom. The number of ether oxygens (including phenoxy) is 2. The zero-order valence-corrected chi connectivity index (χ0v) is 10.1. The predicted molar refractivity (Wildman–Crippen MR) is 58.9 cm³/mol. The third-order valence-electron chi connectivity index (χ3n) is 4.69. The highest BCUT2D eigenvalue weighted by Gasteiger charge is 2.67. The Morgan fingerprint density at radius 3 is 2.65 bits per heavy atom. The highest BCUT2D eigenvalue weighted by Crippen LogP contribution is 2.67. The molecule has 0 N–H and O–H groups in total. The summed E-state index contributed by atoms with van der Waals surface area (Å²) in [6, 6.07) is 0. The lowest BCUT2D eigenvalue weighted by molar-refractivity contribution is -0.184. The van der Waals surface area contributed by atoms with E-state index in [1.807, 2.05) is 6.08 Å². The van der Waals surface area contributed by atoms with Gasteiger partial charge < -0.3 is 9.47 Å². The normalized spacial score (nSPS) is 41.3.